The maximum absolute atomic E-state index is 12.5. The molecule has 1 saturated carbocycles. The monoisotopic (exact) mass is 426 g/mol. The fourth-order valence-electron chi connectivity index (χ4n) is 3.58. The molecular weight excluding hydrogens is 404 g/mol. The second kappa shape index (κ2) is 8.74. The summed E-state index contributed by atoms with van der Waals surface area (Å²) in [5.41, 5.74) is 0.933. The number of fused-ring (bicyclic) bond motifs is 1. The van der Waals surface area contributed by atoms with E-state index in [0.29, 0.717) is 21.9 Å². The van der Waals surface area contributed by atoms with Gasteiger partial charge in [-0.2, -0.15) is 9.61 Å². The molecule has 1 fully saturated rings. The predicted octanol–water partition coefficient (Wildman–Crippen LogP) is 3.34. The normalized spacial score (nSPS) is 14.6. The zero-order chi connectivity index (χ0) is 21.1. The van der Waals surface area contributed by atoms with Crippen molar-refractivity contribution in [1.82, 2.24) is 14.6 Å². The SMILES string of the molecule is Cc1nn2c(=O)cc(COC(=O)c3cccc(NC(=O)C4CCCCC4)c3)nc2s1. The van der Waals surface area contributed by atoms with Crippen LogP contribution >= 0.6 is 11.3 Å². The molecule has 0 radical (unpaired) electrons. The molecule has 4 rings (SSSR count). The van der Waals surface area contributed by atoms with Crippen LogP contribution in [0.3, 0.4) is 0 Å². The number of carbonyl (C=O) groups is 2. The van der Waals surface area contributed by atoms with Crippen LogP contribution in [0.5, 0.6) is 0 Å². The van der Waals surface area contributed by atoms with Crippen molar-refractivity contribution in [2.45, 2.75) is 45.6 Å². The lowest BCUT2D eigenvalue weighted by atomic mass is 9.88. The molecule has 0 spiro atoms. The quantitative estimate of drug-likeness (QED) is 0.628. The number of hydrogen-bond acceptors (Lipinski definition) is 7. The Balaban J connectivity index is 1.40. The van der Waals surface area contributed by atoms with Gasteiger partial charge in [0.25, 0.3) is 5.56 Å². The number of aryl methyl sites for hydroxylation is 1. The van der Waals surface area contributed by atoms with E-state index in [0.717, 1.165) is 30.7 Å². The highest BCUT2D eigenvalue weighted by Gasteiger charge is 2.21. The Morgan fingerprint density at radius 3 is 2.83 bits per heavy atom. The number of ether oxygens (including phenoxy) is 1. The minimum atomic E-state index is -0.550. The molecule has 9 heteroatoms. The summed E-state index contributed by atoms with van der Waals surface area (Å²) in [6, 6.07) is 7.97. The van der Waals surface area contributed by atoms with E-state index in [1.54, 1.807) is 31.2 Å². The molecule has 1 aliphatic carbocycles. The van der Waals surface area contributed by atoms with Crippen LogP contribution in [0.25, 0.3) is 4.96 Å². The number of hydrogen-bond donors (Lipinski definition) is 1. The predicted molar refractivity (Wildman–Crippen MR) is 113 cm³/mol. The second-order valence-electron chi connectivity index (χ2n) is 7.38. The van der Waals surface area contributed by atoms with E-state index in [2.05, 4.69) is 15.4 Å². The van der Waals surface area contributed by atoms with Gasteiger partial charge in [0.2, 0.25) is 10.9 Å². The standard InChI is InChI=1S/C21H22N4O4S/c1-13-24-25-18(26)11-17(23-21(25)30-13)12-29-20(28)15-8-5-9-16(10-15)22-19(27)14-6-3-2-4-7-14/h5,8-11,14H,2-4,6-7,12H2,1H3,(H,22,27). The van der Waals surface area contributed by atoms with E-state index in [1.165, 1.54) is 28.3 Å². The largest absolute Gasteiger partial charge is 0.456 e. The Labute approximate surface area is 176 Å². The van der Waals surface area contributed by atoms with Gasteiger partial charge in [-0.05, 0) is 38.0 Å². The van der Waals surface area contributed by atoms with Gasteiger partial charge >= 0.3 is 5.97 Å². The van der Waals surface area contributed by atoms with Gasteiger partial charge in [-0.1, -0.05) is 36.7 Å². The molecular formula is C21H22N4O4S. The van der Waals surface area contributed by atoms with Gasteiger partial charge in [0.05, 0.1) is 11.3 Å². The molecule has 0 aliphatic heterocycles. The number of nitrogens with zero attached hydrogens (tertiary/aromatic N) is 3. The number of anilines is 1. The van der Waals surface area contributed by atoms with E-state index < -0.39 is 5.97 Å². The summed E-state index contributed by atoms with van der Waals surface area (Å²) in [5.74, 6) is -0.519. The number of esters is 1. The van der Waals surface area contributed by atoms with Crippen LogP contribution in [0.15, 0.2) is 35.1 Å². The first-order valence-electron chi connectivity index (χ1n) is 9.94. The van der Waals surface area contributed by atoms with Crippen LogP contribution < -0.4 is 10.9 Å². The van der Waals surface area contributed by atoms with Crippen molar-refractivity contribution in [3.8, 4) is 0 Å². The summed E-state index contributed by atoms with van der Waals surface area (Å²) >= 11 is 1.29. The van der Waals surface area contributed by atoms with Crippen molar-refractivity contribution in [3.05, 3.63) is 57.0 Å². The van der Waals surface area contributed by atoms with Gasteiger partial charge in [-0.25, -0.2) is 9.78 Å². The fraction of sp³-hybridized carbons (Fsp3) is 0.381. The average Bonchev–Trinajstić information content (AvgIpc) is 3.13. The molecule has 0 saturated heterocycles. The minimum absolute atomic E-state index is 0.00181. The third-order valence-corrected chi connectivity index (χ3v) is 5.92. The topological polar surface area (TPSA) is 103 Å². The van der Waals surface area contributed by atoms with Crippen LogP contribution in [0, 0.1) is 12.8 Å². The van der Waals surface area contributed by atoms with Gasteiger partial charge in [0, 0.05) is 17.7 Å². The molecule has 0 bridgehead atoms. The Bertz CT molecular complexity index is 1150. The lowest BCUT2D eigenvalue weighted by Crippen LogP contribution is -2.24. The molecule has 30 heavy (non-hydrogen) atoms. The van der Waals surface area contributed by atoms with E-state index in [4.69, 9.17) is 4.74 Å². The molecule has 1 N–H and O–H groups in total. The number of rotatable bonds is 5. The minimum Gasteiger partial charge on any atom is -0.456 e. The number of amides is 1. The summed E-state index contributed by atoms with van der Waals surface area (Å²) in [6.07, 6.45) is 5.15. The molecule has 1 aliphatic rings. The third kappa shape index (κ3) is 4.56. The zero-order valence-corrected chi connectivity index (χ0v) is 17.4. The van der Waals surface area contributed by atoms with E-state index in [9.17, 15) is 14.4 Å². The highest BCUT2D eigenvalue weighted by Crippen LogP contribution is 2.25. The Hall–Kier alpha value is -3.07. The summed E-state index contributed by atoms with van der Waals surface area (Å²) in [6.45, 7) is 1.67. The number of carbonyl (C=O) groups excluding carboxylic acids is 2. The van der Waals surface area contributed by atoms with Gasteiger partial charge in [0.15, 0.2) is 0 Å². The molecule has 0 unspecified atom stereocenters. The molecule has 156 valence electrons. The first-order chi connectivity index (χ1) is 14.5. The highest BCUT2D eigenvalue weighted by molar-refractivity contribution is 7.16. The van der Waals surface area contributed by atoms with Crippen molar-refractivity contribution < 1.29 is 14.3 Å². The van der Waals surface area contributed by atoms with Crippen LogP contribution in [-0.4, -0.2) is 26.5 Å². The first kappa shape index (κ1) is 20.2. The fourth-order valence-corrected chi connectivity index (χ4v) is 4.35. The smallest absolute Gasteiger partial charge is 0.338 e. The summed E-state index contributed by atoms with van der Waals surface area (Å²) < 4.78 is 6.55. The molecule has 2 aromatic heterocycles. The molecule has 1 aromatic carbocycles. The van der Waals surface area contributed by atoms with E-state index in [1.807, 2.05) is 0 Å². The number of aromatic nitrogens is 3. The van der Waals surface area contributed by atoms with Crippen molar-refractivity contribution >= 4 is 33.9 Å². The van der Waals surface area contributed by atoms with Crippen LogP contribution in [0.1, 0.15) is 53.2 Å². The lowest BCUT2D eigenvalue weighted by Gasteiger charge is -2.20. The van der Waals surface area contributed by atoms with Gasteiger partial charge < -0.3 is 10.1 Å². The maximum Gasteiger partial charge on any atom is 0.338 e. The lowest BCUT2D eigenvalue weighted by molar-refractivity contribution is -0.120. The van der Waals surface area contributed by atoms with E-state index in [-0.39, 0.29) is 24.0 Å². The molecule has 0 atom stereocenters. The third-order valence-electron chi connectivity index (χ3n) is 5.09. The molecule has 8 nitrogen and oxygen atoms in total. The first-order valence-corrected chi connectivity index (χ1v) is 10.8. The maximum atomic E-state index is 12.5. The van der Waals surface area contributed by atoms with Crippen LogP contribution in [0.2, 0.25) is 0 Å². The van der Waals surface area contributed by atoms with Crippen molar-refractivity contribution in [3.63, 3.8) is 0 Å². The Morgan fingerprint density at radius 1 is 1.23 bits per heavy atom. The van der Waals surface area contributed by atoms with Gasteiger partial charge in [0.1, 0.15) is 11.6 Å². The second-order valence-corrected chi connectivity index (χ2v) is 8.54. The zero-order valence-electron chi connectivity index (χ0n) is 16.6. The summed E-state index contributed by atoms with van der Waals surface area (Å²) in [7, 11) is 0. The summed E-state index contributed by atoms with van der Waals surface area (Å²) in [4.78, 5) is 41.7. The molecule has 3 aromatic rings. The summed E-state index contributed by atoms with van der Waals surface area (Å²) in [5, 5.41) is 7.71. The van der Waals surface area contributed by atoms with Crippen molar-refractivity contribution in [2.24, 2.45) is 5.92 Å². The molecule has 1 amide bonds. The van der Waals surface area contributed by atoms with Crippen molar-refractivity contribution in [1.29, 1.82) is 0 Å². The Morgan fingerprint density at radius 2 is 2.03 bits per heavy atom. The highest BCUT2D eigenvalue weighted by atomic mass is 32.1. The molecule has 2 heterocycles. The number of benzene rings is 1. The van der Waals surface area contributed by atoms with E-state index >= 15 is 0 Å². The van der Waals surface area contributed by atoms with Gasteiger partial charge in [-0.3, -0.25) is 9.59 Å². The van der Waals surface area contributed by atoms with Crippen molar-refractivity contribution in [2.75, 3.05) is 5.32 Å². The van der Waals surface area contributed by atoms with Crippen LogP contribution in [-0.2, 0) is 16.1 Å². The van der Waals surface area contributed by atoms with Crippen LogP contribution in [0.4, 0.5) is 5.69 Å². The van der Waals surface area contributed by atoms with Gasteiger partial charge in [-0.15, -0.1) is 0 Å². The number of nitrogens with one attached hydrogen (secondary N) is 1. The Kier molecular flexibility index (Phi) is 5.89. The average molecular weight is 426 g/mol.